The average molecular weight is 372 g/mol. The summed E-state index contributed by atoms with van der Waals surface area (Å²) in [7, 11) is 3.67. The third-order valence-corrected chi connectivity index (χ3v) is 4.48. The molecule has 5 heteroatoms. The smallest absolute Gasteiger partial charge is 0.279 e. The first kappa shape index (κ1) is 20.8. The Hall–Kier alpha value is -2.53. The number of rotatable bonds is 9. The largest absolute Gasteiger partial charge is 0.497 e. The molecule has 0 aromatic heterocycles. The predicted molar refractivity (Wildman–Crippen MR) is 109 cm³/mol. The van der Waals surface area contributed by atoms with Gasteiger partial charge in [-0.05, 0) is 56.2 Å². The molecular weight excluding hydrogens is 340 g/mol. The number of hydrogen-bond acceptors (Lipinski definition) is 3. The van der Waals surface area contributed by atoms with E-state index in [9.17, 15) is 4.79 Å². The van der Waals surface area contributed by atoms with Gasteiger partial charge in [-0.3, -0.25) is 4.79 Å². The lowest BCUT2D eigenvalue weighted by molar-refractivity contribution is -0.871. The minimum absolute atomic E-state index is 0.0404. The first-order valence-electron chi connectivity index (χ1n) is 9.35. The van der Waals surface area contributed by atoms with Gasteiger partial charge in [0.15, 0.2) is 6.54 Å². The zero-order valence-electron chi connectivity index (χ0n) is 17.0. The monoisotopic (exact) mass is 371 g/mol. The number of methoxy groups -OCH3 is 1. The van der Waals surface area contributed by atoms with Crippen LogP contribution >= 0.6 is 0 Å². The summed E-state index contributed by atoms with van der Waals surface area (Å²) in [6, 6.07) is 11.7. The van der Waals surface area contributed by atoms with Crippen molar-refractivity contribution in [1.29, 1.82) is 0 Å². The van der Waals surface area contributed by atoms with Crippen LogP contribution in [0.25, 0.3) is 0 Å². The summed E-state index contributed by atoms with van der Waals surface area (Å²) < 4.78 is 10.9. The van der Waals surface area contributed by atoms with Gasteiger partial charge in [0.05, 0.1) is 27.3 Å². The summed E-state index contributed by atoms with van der Waals surface area (Å²) in [5, 5.41) is 3.06. The molecule has 2 rings (SSSR count). The normalized spacial score (nSPS) is 11.7. The molecule has 0 saturated carbocycles. The quantitative estimate of drug-likeness (QED) is 0.666. The molecule has 27 heavy (non-hydrogen) atoms. The molecule has 146 valence electrons. The number of carbonyl (C=O) groups is 1. The molecular formula is C22H31N2O3+. The van der Waals surface area contributed by atoms with Gasteiger partial charge in [0, 0.05) is 12.1 Å². The SMILES string of the molecule is COc1ccc(OCCC[NH+](C)CC(=O)Nc2c(C)cc(C)cc2C)cc1. The number of ether oxygens (including phenoxy) is 2. The molecule has 1 unspecified atom stereocenters. The lowest BCUT2D eigenvalue weighted by Crippen LogP contribution is -3.10. The second-order valence-electron chi connectivity index (χ2n) is 7.08. The third-order valence-electron chi connectivity index (χ3n) is 4.48. The molecule has 1 amide bonds. The Balaban J connectivity index is 1.72. The van der Waals surface area contributed by atoms with Crippen molar-refractivity contribution >= 4 is 11.6 Å². The fraction of sp³-hybridized carbons (Fsp3) is 0.409. The number of benzene rings is 2. The van der Waals surface area contributed by atoms with E-state index in [1.807, 2.05) is 45.2 Å². The van der Waals surface area contributed by atoms with Crippen LogP contribution in [0.2, 0.25) is 0 Å². The Morgan fingerprint density at radius 1 is 1.04 bits per heavy atom. The zero-order valence-corrected chi connectivity index (χ0v) is 17.0. The molecule has 2 aromatic carbocycles. The molecule has 0 aliphatic carbocycles. The summed E-state index contributed by atoms with van der Waals surface area (Å²) >= 11 is 0. The van der Waals surface area contributed by atoms with E-state index in [1.165, 1.54) is 5.56 Å². The van der Waals surface area contributed by atoms with Crippen LogP contribution in [0.4, 0.5) is 5.69 Å². The Morgan fingerprint density at radius 2 is 1.63 bits per heavy atom. The molecule has 0 radical (unpaired) electrons. The zero-order chi connectivity index (χ0) is 19.8. The van der Waals surface area contributed by atoms with Crippen molar-refractivity contribution in [2.75, 3.05) is 39.2 Å². The molecule has 0 saturated heterocycles. The first-order chi connectivity index (χ1) is 12.9. The van der Waals surface area contributed by atoms with Crippen molar-refractivity contribution in [3.05, 3.63) is 53.1 Å². The highest BCUT2D eigenvalue weighted by Crippen LogP contribution is 2.21. The fourth-order valence-corrected chi connectivity index (χ4v) is 3.16. The molecule has 0 heterocycles. The van der Waals surface area contributed by atoms with Gasteiger partial charge in [0.2, 0.25) is 0 Å². The van der Waals surface area contributed by atoms with Crippen molar-refractivity contribution < 1.29 is 19.2 Å². The minimum atomic E-state index is 0.0404. The van der Waals surface area contributed by atoms with Crippen LogP contribution < -0.4 is 19.7 Å². The van der Waals surface area contributed by atoms with E-state index < -0.39 is 0 Å². The fourth-order valence-electron chi connectivity index (χ4n) is 3.16. The molecule has 0 aliphatic heterocycles. The van der Waals surface area contributed by atoms with Crippen LogP contribution in [-0.4, -0.2) is 39.8 Å². The molecule has 5 nitrogen and oxygen atoms in total. The van der Waals surface area contributed by atoms with E-state index in [1.54, 1.807) is 7.11 Å². The standard InChI is InChI=1S/C22H30N2O3/c1-16-13-17(2)22(18(3)14-16)23-21(25)15-24(4)11-6-12-27-20-9-7-19(26-5)8-10-20/h7-10,13-14H,6,11-12,15H2,1-5H3,(H,23,25)/p+1. The third kappa shape index (κ3) is 6.61. The van der Waals surface area contributed by atoms with Gasteiger partial charge in [-0.2, -0.15) is 0 Å². The molecule has 1 atom stereocenters. The van der Waals surface area contributed by atoms with E-state index in [4.69, 9.17) is 9.47 Å². The van der Waals surface area contributed by atoms with Crippen LogP contribution in [0.15, 0.2) is 36.4 Å². The highest BCUT2D eigenvalue weighted by Gasteiger charge is 2.13. The van der Waals surface area contributed by atoms with E-state index >= 15 is 0 Å². The van der Waals surface area contributed by atoms with E-state index in [0.29, 0.717) is 13.2 Å². The van der Waals surface area contributed by atoms with Crippen LogP contribution in [0, 0.1) is 20.8 Å². The number of nitrogens with one attached hydrogen (secondary N) is 2. The summed E-state index contributed by atoms with van der Waals surface area (Å²) in [6.07, 6.45) is 0.883. The Morgan fingerprint density at radius 3 is 2.22 bits per heavy atom. The van der Waals surface area contributed by atoms with E-state index in [-0.39, 0.29) is 5.91 Å². The van der Waals surface area contributed by atoms with Gasteiger partial charge in [0.25, 0.3) is 5.91 Å². The number of carbonyl (C=O) groups excluding carboxylic acids is 1. The van der Waals surface area contributed by atoms with Crippen molar-refractivity contribution in [1.82, 2.24) is 0 Å². The molecule has 2 N–H and O–H groups in total. The number of hydrogen-bond donors (Lipinski definition) is 2. The van der Waals surface area contributed by atoms with Crippen molar-refractivity contribution in [3.63, 3.8) is 0 Å². The van der Waals surface area contributed by atoms with Gasteiger partial charge in [0.1, 0.15) is 11.5 Å². The summed E-state index contributed by atoms with van der Waals surface area (Å²) in [5.41, 5.74) is 4.35. The number of anilines is 1. The summed E-state index contributed by atoms with van der Waals surface area (Å²) in [6.45, 7) is 8.06. The van der Waals surface area contributed by atoms with Gasteiger partial charge in [-0.25, -0.2) is 0 Å². The van der Waals surface area contributed by atoms with Crippen LogP contribution in [0.3, 0.4) is 0 Å². The summed E-state index contributed by atoms with van der Waals surface area (Å²) in [4.78, 5) is 13.5. The Bertz CT molecular complexity index is 734. The van der Waals surface area contributed by atoms with Gasteiger partial charge in [-0.1, -0.05) is 17.7 Å². The predicted octanol–water partition coefficient (Wildman–Crippen LogP) is 2.54. The van der Waals surface area contributed by atoms with Gasteiger partial charge < -0.3 is 19.7 Å². The molecule has 0 spiro atoms. The molecule has 2 aromatic rings. The second kappa shape index (κ2) is 9.97. The van der Waals surface area contributed by atoms with E-state index in [2.05, 4.69) is 24.4 Å². The molecule has 0 aliphatic rings. The second-order valence-corrected chi connectivity index (χ2v) is 7.08. The topological polar surface area (TPSA) is 52.0 Å². The Labute approximate surface area is 162 Å². The maximum Gasteiger partial charge on any atom is 0.279 e. The van der Waals surface area contributed by atoms with Crippen LogP contribution in [-0.2, 0) is 4.79 Å². The number of likely N-dealkylation sites (N-methyl/N-ethyl adjacent to an activating group) is 1. The van der Waals surface area contributed by atoms with Crippen LogP contribution in [0.1, 0.15) is 23.1 Å². The maximum absolute atomic E-state index is 12.4. The number of amides is 1. The van der Waals surface area contributed by atoms with Crippen molar-refractivity contribution in [2.24, 2.45) is 0 Å². The Kier molecular flexibility index (Phi) is 7.67. The number of aryl methyl sites for hydroxylation is 3. The lowest BCUT2D eigenvalue weighted by atomic mass is 10.1. The molecule has 0 bridgehead atoms. The highest BCUT2D eigenvalue weighted by molar-refractivity contribution is 5.93. The maximum atomic E-state index is 12.4. The van der Waals surface area contributed by atoms with Crippen molar-refractivity contribution in [2.45, 2.75) is 27.2 Å². The van der Waals surface area contributed by atoms with Gasteiger partial charge in [-0.15, -0.1) is 0 Å². The van der Waals surface area contributed by atoms with Crippen molar-refractivity contribution in [3.8, 4) is 11.5 Å². The average Bonchev–Trinajstić information content (AvgIpc) is 2.62. The lowest BCUT2D eigenvalue weighted by Gasteiger charge is -2.16. The number of quaternary nitrogens is 1. The summed E-state index contributed by atoms with van der Waals surface area (Å²) in [5.74, 6) is 1.69. The first-order valence-corrected chi connectivity index (χ1v) is 9.35. The highest BCUT2D eigenvalue weighted by atomic mass is 16.5. The minimum Gasteiger partial charge on any atom is -0.497 e. The molecule has 0 fully saturated rings. The van der Waals surface area contributed by atoms with Crippen LogP contribution in [0.5, 0.6) is 11.5 Å². The van der Waals surface area contributed by atoms with E-state index in [0.717, 1.165) is 46.2 Å². The van der Waals surface area contributed by atoms with Gasteiger partial charge >= 0.3 is 0 Å².